The van der Waals surface area contributed by atoms with Crippen LogP contribution in [-0.4, -0.2) is 24.5 Å². The number of rotatable bonds is 3. The summed E-state index contributed by atoms with van der Waals surface area (Å²) in [6.45, 7) is 6.21. The number of hydrogen-bond donors (Lipinski definition) is 1. The van der Waals surface area contributed by atoms with Crippen LogP contribution in [0.4, 0.5) is 0 Å². The summed E-state index contributed by atoms with van der Waals surface area (Å²) in [4.78, 5) is 2.52. The largest absolute Gasteiger partial charge is 0.461 e. The molecule has 3 nitrogen and oxygen atoms in total. The highest BCUT2D eigenvalue weighted by atomic mass is 16.3. The van der Waals surface area contributed by atoms with Gasteiger partial charge in [-0.2, -0.15) is 0 Å². The van der Waals surface area contributed by atoms with Crippen LogP contribution >= 0.6 is 0 Å². The number of aryl methyl sites for hydroxylation is 1. The average molecular weight is 258 g/mol. The monoisotopic (exact) mass is 258 g/mol. The van der Waals surface area contributed by atoms with Crippen molar-refractivity contribution >= 4 is 11.0 Å². The third-order valence-electron chi connectivity index (χ3n) is 4.32. The number of nitrogens with two attached hydrogens (primary N) is 1. The summed E-state index contributed by atoms with van der Waals surface area (Å²) in [5, 5.41) is 1.26. The Balaban J connectivity index is 1.77. The Bertz CT molecular complexity index is 553. The maximum absolute atomic E-state index is 5.84. The Morgan fingerprint density at radius 1 is 1.26 bits per heavy atom. The quantitative estimate of drug-likeness (QED) is 0.920. The van der Waals surface area contributed by atoms with Gasteiger partial charge in [0.2, 0.25) is 0 Å². The zero-order valence-electron chi connectivity index (χ0n) is 11.6. The van der Waals surface area contributed by atoms with Crippen LogP contribution in [0, 0.1) is 12.8 Å². The van der Waals surface area contributed by atoms with Crippen LogP contribution in [0.25, 0.3) is 11.0 Å². The average Bonchev–Trinajstić information content (AvgIpc) is 2.76. The highest BCUT2D eigenvalue weighted by molar-refractivity contribution is 5.82. The maximum Gasteiger partial charge on any atom is 0.134 e. The molecule has 0 radical (unpaired) electrons. The van der Waals surface area contributed by atoms with Crippen LogP contribution in [0.5, 0.6) is 0 Å². The minimum atomic E-state index is 0.721. The van der Waals surface area contributed by atoms with Gasteiger partial charge >= 0.3 is 0 Å². The van der Waals surface area contributed by atoms with E-state index in [4.69, 9.17) is 10.2 Å². The summed E-state index contributed by atoms with van der Waals surface area (Å²) >= 11 is 0. The van der Waals surface area contributed by atoms with Crippen molar-refractivity contribution in [2.24, 2.45) is 11.7 Å². The van der Waals surface area contributed by atoms with E-state index >= 15 is 0 Å². The molecule has 0 bridgehead atoms. The van der Waals surface area contributed by atoms with E-state index < -0.39 is 0 Å². The van der Waals surface area contributed by atoms with Crippen LogP contribution in [0.2, 0.25) is 0 Å². The van der Waals surface area contributed by atoms with Crippen molar-refractivity contribution in [3.05, 3.63) is 35.6 Å². The molecule has 1 aliphatic rings. The normalized spacial score (nSPS) is 18.2. The second kappa shape index (κ2) is 5.35. The fourth-order valence-electron chi connectivity index (χ4n) is 3.02. The number of benzene rings is 1. The van der Waals surface area contributed by atoms with Gasteiger partial charge in [0.25, 0.3) is 0 Å². The Labute approximate surface area is 114 Å². The van der Waals surface area contributed by atoms with Gasteiger partial charge in [-0.15, -0.1) is 0 Å². The first-order valence-electron chi connectivity index (χ1n) is 7.17. The first kappa shape index (κ1) is 12.7. The highest BCUT2D eigenvalue weighted by Gasteiger charge is 2.20. The first-order chi connectivity index (χ1) is 9.28. The predicted molar refractivity (Wildman–Crippen MR) is 78.0 cm³/mol. The number of para-hydroxylation sites is 1. The Morgan fingerprint density at radius 2 is 2.00 bits per heavy atom. The van der Waals surface area contributed by atoms with Gasteiger partial charge in [-0.3, -0.25) is 4.90 Å². The minimum absolute atomic E-state index is 0.721. The molecule has 1 aliphatic heterocycles. The number of nitrogens with zero attached hydrogens (tertiary/aromatic N) is 1. The lowest BCUT2D eigenvalue weighted by atomic mass is 9.96. The van der Waals surface area contributed by atoms with Crippen molar-refractivity contribution < 1.29 is 4.42 Å². The van der Waals surface area contributed by atoms with Crippen molar-refractivity contribution in [1.29, 1.82) is 0 Å². The van der Waals surface area contributed by atoms with Crippen LogP contribution in [0.1, 0.15) is 24.2 Å². The van der Waals surface area contributed by atoms with E-state index in [0.717, 1.165) is 43.4 Å². The van der Waals surface area contributed by atoms with Crippen molar-refractivity contribution in [1.82, 2.24) is 4.90 Å². The van der Waals surface area contributed by atoms with E-state index in [1.165, 1.54) is 23.8 Å². The second-order valence-corrected chi connectivity index (χ2v) is 5.59. The van der Waals surface area contributed by atoms with Gasteiger partial charge in [0.05, 0.1) is 0 Å². The van der Waals surface area contributed by atoms with Crippen molar-refractivity contribution in [2.75, 3.05) is 19.6 Å². The van der Waals surface area contributed by atoms with Gasteiger partial charge in [0.1, 0.15) is 11.3 Å². The van der Waals surface area contributed by atoms with Crippen molar-refractivity contribution in [3.8, 4) is 0 Å². The van der Waals surface area contributed by atoms with Gasteiger partial charge in [-0.25, -0.2) is 0 Å². The van der Waals surface area contributed by atoms with Crippen LogP contribution in [0.15, 0.2) is 28.7 Å². The Morgan fingerprint density at radius 3 is 2.74 bits per heavy atom. The van der Waals surface area contributed by atoms with Gasteiger partial charge in [0, 0.05) is 17.5 Å². The highest BCUT2D eigenvalue weighted by Crippen LogP contribution is 2.27. The predicted octanol–water partition coefficient (Wildman–Crippen LogP) is 2.91. The van der Waals surface area contributed by atoms with E-state index in [9.17, 15) is 0 Å². The van der Waals surface area contributed by atoms with E-state index in [0.29, 0.717) is 0 Å². The fraction of sp³-hybridized carbons (Fsp3) is 0.500. The van der Waals surface area contributed by atoms with E-state index in [1.807, 2.05) is 12.1 Å². The molecule has 0 unspecified atom stereocenters. The molecule has 0 spiro atoms. The number of fused-ring (bicyclic) bond motifs is 1. The molecule has 1 aromatic carbocycles. The lowest BCUT2D eigenvalue weighted by Gasteiger charge is -2.31. The molecule has 0 atom stereocenters. The first-order valence-corrected chi connectivity index (χ1v) is 7.17. The maximum atomic E-state index is 5.84. The number of piperidine rings is 1. The van der Waals surface area contributed by atoms with E-state index in [-0.39, 0.29) is 0 Å². The topological polar surface area (TPSA) is 42.4 Å². The smallest absolute Gasteiger partial charge is 0.134 e. The van der Waals surface area contributed by atoms with Gasteiger partial charge < -0.3 is 10.2 Å². The summed E-state index contributed by atoms with van der Waals surface area (Å²) in [6, 6.07) is 8.32. The zero-order chi connectivity index (χ0) is 13.2. The summed E-state index contributed by atoms with van der Waals surface area (Å²) in [5.74, 6) is 1.78. The molecule has 0 aliphatic carbocycles. The standard InChI is InChI=1S/C16H22N2O/c1-12-15(14-4-2-3-5-16(14)19-12)11-18-8-6-13(10-17)7-9-18/h2-5,13H,6-11,17H2,1H3. The van der Waals surface area contributed by atoms with Crippen molar-refractivity contribution in [3.63, 3.8) is 0 Å². The number of likely N-dealkylation sites (tertiary alicyclic amines) is 1. The summed E-state index contributed by atoms with van der Waals surface area (Å²) < 4.78 is 5.84. The third-order valence-corrected chi connectivity index (χ3v) is 4.32. The lowest BCUT2D eigenvalue weighted by Crippen LogP contribution is -2.35. The molecule has 2 aromatic rings. The summed E-state index contributed by atoms with van der Waals surface area (Å²) in [5.41, 5.74) is 8.10. The Kier molecular flexibility index (Phi) is 3.58. The molecule has 1 aromatic heterocycles. The molecule has 3 heteroatoms. The van der Waals surface area contributed by atoms with Crippen LogP contribution in [0.3, 0.4) is 0 Å². The van der Waals surface area contributed by atoms with E-state index in [1.54, 1.807) is 0 Å². The van der Waals surface area contributed by atoms with Gasteiger partial charge in [0.15, 0.2) is 0 Å². The van der Waals surface area contributed by atoms with Gasteiger partial charge in [-0.05, 0) is 51.4 Å². The summed E-state index contributed by atoms with van der Waals surface area (Å²) in [7, 11) is 0. The molecule has 102 valence electrons. The second-order valence-electron chi connectivity index (χ2n) is 5.59. The SMILES string of the molecule is Cc1oc2ccccc2c1CN1CCC(CN)CC1. The van der Waals surface area contributed by atoms with Crippen LogP contribution < -0.4 is 5.73 Å². The van der Waals surface area contributed by atoms with E-state index in [2.05, 4.69) is 24.0 Å². The third kappa shape index (κ3) is 2.53. The molecule has 3 rings (SSSR count). The molecule has 1 fully saturated rings. The molecular formula is C16H22N2O. The van der Waals surface area contributed by atoms with Crippen molar-refractivity contribution in [2.45, 2.75) is 26.3 Å². The number of furan rings is 1. The summed E-state index contributed by atoms with van der Waals surface area (Å²) in [6.07, 6.45) is 2.46. The molecule has 1 saturated heterocycles. The Hall–Kier alpha value is -1.32. The molecule has 19 heavy (non-hydrogen) atoms. The molecule has 0 amide bonds. The van der Waals surface area contributed by atoms with Gasteiger partial charge in [-0.1, -0.05) is 18.2 Å². The minimum Gasteiger partial charge on any atom is -0.461 e. The molecule has 2 N–H and O–H groups in total. The fourth-order valence-corrected chi connectivity index (χ4v) is 3.02. The van der Waals surface area contributed by atoms with Crippen LogP contribution in [-0.2, 0) is 6.54 Å². The molecule has 2 heterocycles. The zero-order valence-corrected chi connectivity index (χ0v) is 11.6. The lowest BCUT2D eigenvalue weighted by molar-refractivity contribution is 0.180. The molecular weight excluding hydrogens is 236 g/mol. The molecule has 0 saturated carbocycles. The number of hydrogen-bond acceptors (Lipinski definition) is 3.